The highest BCUT2D eigenvalue weighted by atomic mass is 32.2. The molecule has 0 radical (unpaired) electrons. The van der Waals surface area contributed by atoms with Crippen LogP contribution in [-0.2, 0) is 9.84 Å². The van der Waals surface area contributed by atoms with Crippen LogP contribution in [0.5, 0.6) is 0 Å². The minimum Gasteiger partial charge on any atom is -0.313 e. The van der Waals surface area contributed by atoms with E-state index >= 15 is 0 Å². The summed E-state index contributed by atoms with van der Waals surface area (Å²) in [6.07, 6.45) is 6.63. The summed E-state index contributed by atoms with van der Waals surface area (Å²) in [6, 6.07) is 0.456. The van der Waals surface area contributed by atoms with Crippen LogP contribution in [0.2, 0.25) is 0 Å². The van der Waals surface area contributed by atoms with Gasteiger partial charge in [0.1, 0.15) is 0 Å². The summed E-state index contributed by atoms with van der Waals surface area (Å²) in [5, 5.41) is 3.13. The van der Waals surface area contributed by atoms with Crippen LogP contribution < -0.4 is 5.32 Å². The molecule has 0 aromatic heterocycles. The molecule has 102 valence electrons. The first-order valence-corrected chi connectivity index (χ1v) is 8.60. The van der Waals surface area contributed by atoms with E-state index in [1.54, 1.807) is 13.8 Å². The summed E-state index contributed by atoms with van der Waals surface area (Å²) in [6.45, 7) is 6.29. The fourth-order valence-electron chi connectivity index (χ4n) is 2.47. The summed E-state index contributed by atoms with van der Waals surface area (Å²) >= 11 is 0. The van der Waals surface area contributed by atoms with Crippen LogP contribution in [0.4, 0.5) is 0 Å². The Bertz CT molecular complexity index is 305. The number of hydrogen-bond donors (Lipinski definition) is 1. The van der Waals surface area contributed by atoms with Crippen LogP contribution in [0.1, 0.15) is 52.9 Å². The van der Waals surface area contributed by atoms with Gasteiger partial charge in [0.25, 0.3) is 0 Å². The summed E-state index contributed by atoms with van der Waals surface area (Å²) in [5.74, 6) is 1.01. The van der Waals surface area contributed by atoms with E-state index in [1.165, 1.54) is 32.1 Å². The predicted molar refractivity (Wildman–Crippen MR) is 73.0 cm³/mol. The molecule has 1 atom stereocenters. The van der Waals surface area contributed by atoms with Crippen LogP contribution in [0.15, 0.2) is 0 Å². The molecule has 1 N–H and O–H groups in total. The van der Waals surface area contributed by atoms with E-state index in [4.69, 9.17) is 0 Å². The highest BCUT2D eigenvalue weighted by molar-refractivity contribution is 7.92. The average molecular weight is 261 g/mol. The predicted octanol–water partition coefficient (Wildman–Crippen LogP) is 2.37. The fraction of sp³-hybridized carbons (Fsp3) is 1.00. The van der Waals surface area contributed by atoms with Crippen molar-refractivity contribution < 1.29 is 8.42 Å². The van der Waals surface area contributed by atoms with Crippen molar-refractivity contribution in [3.05, 3.63) is 0 Å². The van der Waals surface area contributed by atoms with E-state index in [0.29, 0.717) is 12.6 Å². The van der Waals surface area contributed by atoms with Crippen molar-refractivity contribution in [2.75, 3.05) is 12.3 Å². The number of nitrogens with one attached hydrogen (secondary N) is 1. The van der Waals surface area contributed by atoms with Gasteiger partial charge in [0, 0.05) is 12.6 Å². The largest absolute Gasteiger partial charge is 0.313 e. The van der Waals surface area contributed by atoms with Crippen molar-refractivity contribution in [1.29, 1.82) is 0 Å². The lowest BCUT2D eigenvalue weighted by atomic mass is 9.84. The standard InChI is InChI=1S/C13H27NO2S/c1-11(2)17(15,16)10-9-14-12(3)13-7-5-4-6-8-13/h11-14H,4-10H2,1-3H3/t12-/m0/s1. The molecule has 1 fully saturated rings. The van der Waals surface area contributed by atoms with Gasteiger partial charge in [0.05, 0.1) is 11.0 Å². The van der Waals surface area contributed by atoms with Crippen LogP contribution in [0.25, 0.3) is 0 Å². The van der Waals surface area contributed by atoms with Gasteiger partial charge in [-0.1, -0.05) is 19.3 Å². The quantitative estimate of drug-likeness (QED) is 0.798. The molecule has 0 unspecified atom stereocenters. The molecule has 0 amide bonds. The van der Waals surface area contributed by atoms with Crippen LogP contribution >= 0.6 is 0 Å². The summed E-state index contributed by atoms with van der Waals surface area (Å²) in [7, 11) is -2.89. The van der Waals surface area contributed by atoms with Gasteiger partial charge in [-0.15, -0.1) is 0 Å². The Morgan fingerprint density at radius 2 is 1.71 bits per heavy atom. The first-order chi connectivity index (χ1) is 7.93. The highest BCUT2D eigenvalue weighted by Gasteiger charge is 2.21. The second-order valence-corrected chi connectivity index (χ2v) is 8.23. The zero-order valence-corrected chi connectivity index (χ0v) is 12.2. The van der Waals surface area contributed by atoms with E-state index < -0.39 is 9.84 Å². The number of rotatable bonds is 6. The maximum atomic E-state index is 11.6. The first kappa shape index (κ1) is 15.0. The van der Waals surface area contributed by atoms with Crippen LogP contribution in [0, 0.1) is 5.92 Å². The fourth-order valence-corrected chi connectivity index (χ4v) is 3.34. The van der Waals surface area contributed by atoms with Gasteiger partial charge in [0.2, 0.25) is 0 Å². The van der Waals surface area contributed by atoms with E-state index in [9.17, 15) is 8.42 Å². The highest BCUT2D eigenvalue weighted by Crippen LogP contribution is 2.26. The molecule has 1 aliphatic rings. The van der Waals surface area contributed by atoms with Gasteiger partial charge < -0.3 is 5.32 Å². The third-order valence-corrected chi connectivity index (χ3v) is 6.14. The third kappa shape index (κ3) is 4.96. The molecule has 0 bridgehead atoms. The van der Waals surface area contributed by atoms with Crippen molar-refractivity contribution in [2.24, 2.45) is 5.92 Å². The average Bonchev–Trinajstić information content (AvgIpc) is 2.29. The van der Waals surface area contributed by atoms with Crippen molar-refractivity contribution >= 4 is 9.84 Å². The molecule has 3 nitrogen and oxygen atoms in total. The number of sulfone groups is 1. The minimum atomic E-state index is -2.89. The molecule has 4 heteroatoms. The molecule has 0 aromatic carbocycles. The maximum Gasteiger partial charge on any atom is 0.153 e. The molecule has 0 spiro atoms. The van der Waals surface area contributed by atoms with Crippen molar-refractivity contribution in [3.8, 4) is 0 Å². The van der Waals surface area contributed by atoms with Crippen LogP contribution in [0.3, 0.4) is 0 Å². The normalized spacial score (nSPS) is 20.7. The molecule has 1 rings (SSSR count). The molecule has 1 saturated carbocycles. The zero-order valence-electron chi connectivity index (χ0n) is 11.4. The van der Waals surface area contributed by atoms with Crippen molar-refractivity contribution in [1.82, 2.24) is 5.32 Å². The van der Waals surface area contributed by atoms with E-state index in [0.717, 1.165) is 5.92 Å². The van der Waals surface area contributed by atoms with Gasteiger partial charge in [0.15, 0.2) is 9.84 Å². The Morgan fingerprint density at radius 1 is 1.12 bits per heavy atom. The summed E-state index contributed by atoms with van der Waals surface area (Å²) < 4.78 is 23.3. The molecular formula is C13H27NO2S. The van der Waals surface area contributed by atoms with Gasteiger partial charge in [-0.3, -0.25) is 0 Å². The van der Waals surface area contributed by atoms with Crippen molar-refractivity contribution in [2.45, 2.75) is 64.2 Å². The Morgan fingerprint density at radius 3 is 2.24 bits per heavy atom. The van der Waals surface area contributed by atoms with Crippen LogP contribution in [-0.4, -0.2) is 32.0 Å². The molecular weight excluding hydrogens is 234 g/mol. The zero-order chi connectivity index (χ0) is 12.9. The second kappa shape index (κ2) is 6.74. The Kier molecular flexibility index (Phi) is 5.93. The van der Waals surface area contributed by atoms with E-state index in [2.05, 4.69) is 12.2 Å². The summed E-state index contributed by atoms with van der Waals surface area (Å²) in [5.41, 5.74) is 0. The molecule has 17 heavy (non-hydrogen) atoms. The monoisotopic (exact) mass is 261 g/mol. The third-order valence-electron chi connectivity index (χ3n) is 3.93. The van der Waals surface area contributed by atoms with Gasteiger partial charge in [-0.2, -0.15) is 0 Å². The van der Waals surface area contributed by atoms with E-state index in [-0.39, 0.29) is 11.0 Å². The van der Waals surface area contributed by atoms with Gasteiger partial charge in [-0.05, 0) is 39.5 Å². The Hall–Kier alpha value is -0.0900. The SMILES string of the molecule is CC(C)S(=O)(=O)CCN[C@@H](C)C1CCCCC1. The second-order valence-electron chi connectivity index (χ2n) is 5.56. The van der Waals surface area contributed by atoms with Crippen molar-refractivity contribution in [3.63, 3.8) is 0 Å². The molecule has 0 saturated heterocycles. The lowest BCUT2D eigenvalue weighted by molar-refractivity contribution is 0.285. The lowest BCUT2D eigenvalue weighted by Crippen LogP contribution is -2.38. The first-order valence-electron chi connectivity index (χ1n) is 6.88. The van der Waals surface area contributed by atoms with Gasteiger partial charge in [-0.25, -0.2) is 8.42 Å². The smallest absolute Gasteiger partial charge is 0.153 e. The Labute approximate surface area is 106 Å². The minimum absolute atomic E-state index is 0.255. The molecule has 1 aliphatic carbocycles. The lowest BCUT2D eigenvalue weighted by Gasteiger charge is -2.28. The number of hydrogen-bond acceptors (Lipinski definition) is 3. The van der Waals surface area contributed by atoms with E-state index in [1.807, 2.05) is 0 Å². The Balaban J connectivity index is 2.26. The molecule has 0 aromatic rings. The maximum absolute atomic E-state index is 11.6. The summed E-state index contributed by atoms with van der Waals surface area (Å²) in [4.78, 5) is 0. The van der Waals surface area contributed by atoms with Gasteiger partial charge >= 0.3 is 0 Å². The molecule has 0 aliphatic heterocycles. The topological polar surface area (TPSA) is 46.2 Å². The molecule has 0 heterocycles.